The Balaban J connectivity index is 1.43. The van der Waals surface area contributed by atoms with Crippen LogP contribution in [0.4, 0.5) is 11.4 Å². The molecule has 164 valence electrons. The van der Waals surface area contributed by atoms with Crippen molar-refractivity contribution in [3.63, 3.8) is 0 Å². The highest BCUT2D eigenvalue weighted by Crippen LogP contribution is 2.62. The summed E-state index contributed by atoms with van der Waals surface area (Å²) in [6, 6.07) is 3.02. The summed E-state index contributed by atoms with van der Waals surface area (Å²) >= 11 is 0. The van der Waals surface area contributed by atoms with Crippen molar-refractivity contribution < 1.29 is 19.4 Å². The van der Waals surface area contributed by atoms with Gasteiger partial charge in [-0.05, 0) is 75.0 Å². The van der Waals surface area contributed by atoms with Crippen molar-refractivity contribution in [1.29, 1.82) is 0 Å². The predicted molar refractivity (Wildman–Crippen MR) is 111 cm³/mol. The highest BCUT2D eigenvalue weighted by atomic mass is 16.6. The number of rotatable bonds is 4. The minimum absolute atomic E-state index is 0.123. The standard InChI is InChI=1S/C23H26N2O6/c1-12-2-3-13-10-20(22-15-5-4-14(7-15)21(22)19(13)6-12)31-23(26)16-8-17(24(27)28)11-18(9-16)25(29)30/h6,8-9,11,13-15,19-22H,2-5,7,10H2,1H3/t13-,14+,15+,19-,20+,21-,22-/m1/s1. The molecule has 0 unspecified atom stereocenters. The Morgan fingerprint density at radius 1 is 0.935 bits per heavy atom. The topological polar surface area (TPSA) is 113 Å². The predicted octanol–water partition coefficient (Wildman–Crippen LogP) is 5.07. The van der Waals surface area contributed by atoms with E-state index < -0.39 is 27.2 Å². The van der Waals surface area contributed by atoms with Gasteiger partial charge in [-0.3, -0.25) is 20.2 Å². The van der Waals surface area contributed by atoms with Gasteiger partial charge < -0.3 is 4.74 Å². The van der Waals surface area contributed by atoms with Gasteiger partial charge in [0.05, 0.1) is 21.5 Å². The van der Waals surface area contributed by atoms with E-state index in [0.717, 1.165) is 37.5 Å². The van der Waals surface area contributed by atoms with E-state index >= 15 is 0 Å². The number of allylic oxidation sites excluding steroid dienone is 2. The summed E-state index contributed by atoms with van der Waals surface area (Å²) < 4.78 is 5.98. The first-order chi connectivity index (χ1) is 14.8. The number of hydrogen-bond acceptors (Lipinski definition) is 6. The number of nitro groups is 2. The zero-order valence-electron chi connectivity index (χ0n) is 17.4. The highest BCUT2D eigenvalue weighted by Gasteiger charge is 2.58. The molecule has 4 aliphatic rings. The molecule has 31 heavy (non-hydrogen) atoms. The summed E-state index contributed by atoms with van der Waals surface area (Å²) in [5.41, 5.74) is 0.385. The van der Waals surface area contributed by atoms with Crippen molar-refractivity contribution >= 4 is 17.3 Å². The van der Waals surface area contributed by atoms with Crippen LogP contribution in [0, 0.1) is 55.7 Å². The number of hydrogen-bond donors (Lipinski definition) is 0. The van der Waals surface area contributed by atoms with E-state index in [2.05, 4.69) is 13.0 Å². The van der Waals surface area contributed by atoms with Crippen molar-refractivity contribution in [2.45, 2.75) is 51.6 Å². The molecule has 0 aliphatic heterocycles. The molecule has 0 saturated heterocycles. The molecule has 4 aliphatic carbocycles. The lowest BCUT2D eigenvalue weighted by atomic mass is 9.58. The van der Waals surface area contributed by atoms with Crippen molar-refractivity contribution in [2.24, 2.45) is 35.5 Å². The van der Waals surface area contributed by atoms with Gasteiger partial charge in [-0.15, -0.1) is 0 Å². The van der Waals surface area contributed by atoms with E-state index in [1.165, 1.54) is 24.8 Å². The summed E-state index contributed by atoms with van der Waals surface area (Å²) in [6.07, 6.45) is 8.84. The zero-order chi connectivity index (χ0) is 21.9. The van der Waals surface area contributed by atoms with Gasteiger partial charge in [0.1, 0.15) is 6.10 Å². The molecule has 3 fully saturated rings. The van der Waals surface area contributed by atoms with E-state index in [9.17, 15) is 25.0 Å². The largest absolute Gasteiger partial charge is 0.458 e. The zero-order valence-corrected chi connectivity index (χ0v) is 17.4. The molecule has 0 aromatic heterocycles. The lowest BCUT2D eigenvalue weighted by Crippen LogP contribution is -2.47. The first-order valence-corrected chi connectivity index (χ1v) is 11.1. The maximum atomic E-state index is 13.0. The molecule has 8 heteroatoms. The first kappa shape index (κ1) is 20.2. The van der Waals surface area contributed by atoms with Gasteiger partial charge in [0.25, 0.3) is 11.4 Å². The fourth-order valence-corrected chi connectivity index (χ4v) is 7.07. The molecule has 5 rings (SSSR count). The third-order valence-corrected chi connectivity index (χ3v) is 8.20. The van der Waals surface area contributed by atoms with E-state index in [1.54, 1.807) is 0 Å². The average Bonchev–Trinajstić information content (AvgIpc) is 3.36. The van der Waals surface area contributed by atoms with Crippen LogP contribution < -0.4 is 0 Å². The Bertz CT molecular complexity index is 956. The second-order valence-electron chi connectivity index (χ2n) is 9.81. The quantitative estimate of drug-likeness (QED) is 0.288. The molecule has 0 heterocycles. The molecule has 7 atom stereocenters. The van der Waals surface area contributed by atoms with Crippen molar-refractivity contribution in [3.05, 3.63) is 55.6 Å². The Morgan fingerprint density at radius 3 is 2.23 bits per heavy atom. The number of benzene rings is 1. The van der Waals surface area contributed by atoms with Gasteiger partial charge in [0, 0.05) is 18.1 Å². The summed E-state index contributed by atoms with van der Waals surface area (Å²) in [7, 11) is 0. The lowest BCUT2D eigenvalue weighted by molar-refractivity contribution is -0.394. The van der Waals surface area contributed by atoms with Gasteiger partial charge >= 0.3 is 5.97 Å². The lowest BCUT2D eigenvalue weighted by Gasteiger charge is -2.49. The summed E-state index contributed by atoms with van der Waals surface area (Å²) in [5.74, 6) is 2.45. The Kier molecular flexibility index (Phi) is 4.83. The average molecular weight is 426 g/mol. The highest BCUT2D eigenvalue weighted by molar-refractivity contribution is 5.91. The van der Waals surface area contributed by atoms with Crippen LogP contribution in [-0.4, -0.2) is 21.9 Å². The molecule has 0 amide bonds. The molecule has 0 spiro atoms. The van der Waals surface area contributed by atoms with Crippen LogP contribution in [-0.2, 0) is 4.74 Å². The monoisotopic (exact) mass is 426 g/mol. The van der Waals surface area contributed by atoms with Crippen LogP contribution >= 0.6 is 0 Å². The SMILES string of the molecule is CC1=C[C@@H]2[C@H](CC1)C[C@H](OC(=O)c1cc([N+](=O)[O-])cc([N+](=O)[O-])c1)[C@H]1[C@H]3CC[C@@H](C3)[C@H]21. The third kappa shape index (κ3) is 3.42. The molecule has 2 bridgehead atoms. The van der Waals surface area contributed by atoms with E-state index in [4.69, 9.17) is 4.74 Å². The van der Waals surface area contributed by atoms with Gasteiger partial charge in [-0.2, -0.15) is 0 Å². The Labute approximate surface area is 180 Å². The maximum absolute atomic E-state index is 13.0. The number of non-ortho nitro benzene ring substituents is 2. The van der Waals surface area contributed by atoms with E-state index in [1.807, 2.05) is 0 Å². The molecular formula is C23H26N2O6. The minimum Gasteiger partial charge on any atom is -0.458 e. The number of nitro benzene ring substituents is 2. The molecule has 0 N–H and O–H groups in total. The fraction of sp³-hybridized carbons (Fsp3) is 0.609. The number of nitrogens with zero attached hydrogens (tertiary/aromatic N) is 2. The van der Waals surface area contributed by atoms with Crippen molar-refractivity contribution in [1.82, 2.24) is 0 Å². The minimum atomic E-state index is -0.725. The number of ether oxygens (including phenoxy) is 1. The second kappa shape index (κ2) is 7.43. The number of fused-ring (bicyclic) bond motifs is 7. The normalized spacial score (nSPS) is 35.6. The molecule has 1 aromatic rings. The molecule has 0 radical (unpaired) electrons. The van der Waals surface area contributed by atoms with E-state index in [0.29, 0.717) is 35.5 Å². The van der Waals surface area contributed by atoms with Gasteiger partial charge in [0.15, 0.2) is 0 Å². The van der Waals surface area contributed by atoms with Gasteiger partial charge in [0.2, 0.25) is 0 Å². The number of carbonyl (C=O) groups excluding carboxylic acids is 1. The van der Waals surface area contributed by atoms with Crippen LogP contribution in [0.5, 0.6) is 0 Å². The Hall–Kier alpha value is -2.77. The van der Waals surface area contributed by atoms with Crippen LogP contribution in [0.2, 0.25) is 0 Å². The summed E-state index contributed by atoms with van der Waals surface area (Å²) in [6.45, 7) is 2.21. The summed E-state index contributed by atoms with van der Waals surface area (Å²) in [4.78, 5) is 33.9. The molecule has 1 aromatic carbocycles. The second-order valence-corrected chi connectivity index (χ2v) is 9.81. The van der Waals surface area contributed by atoms with Crippen LogP contribution in [0.15, 0.2) is 29.8 Å². The number of carbonyl (C=O) groups is 1. The first-order valence-electron chi connectivity index (χ1n) is 11.1. The van der Waals surface area contributed by atoms with Crippen molar-refractivity contribution in [3.8, 4) is 0 Å². The third-order valence-electron chi connectivity index (χ3n) is 8.20. The molecule has 3 saturated carbocycles. The van der Waals surface area contributed by atoms with Crippen LogP contribution in [0.25, 0.3) is 0 Å². The Morgan fingerprint density at radius 2 is 1.58 bits per heavy atom. The smallest absolute Gasteiger partial charge is 0.338 e. The molecule has 8 nitrogen and oxygen atoms in total. The molecular weight excluding hydrogens is 400 g/mol. The van der Waals surface area contributed by atoms with Crippen LogP contribution in [0.3, 0.4) is 0 Å². The van der Waals surface area contributed by atoms with Gasteiger partial charge in [-0.1, -0.05) is 11.6 Å². The summed E-state index contributed by atoms with van der Waals surface area (Å²) in [5, 5.41) is 22.4. The van der Waals surface area contributed by atoms with Crippen LogP contribution in [0.1, 0.15) is 55.8 Å². The fourth-order valence-electron chi connectivity index (χ4n) is 7.07. The van der Waals surface area contributed by atoms with Gasteiger partial charge in [-0.25, -0.2) is 4.79 Å². The maximum Gasteiger partial charge on any atom is 0.338 e. The number of esters is 1. The van der Waals surface area contributed by atoms with Crippen molar-refractivity contribution in [2.75, 3.05) is 0 Å². The van der Waals surface area contributed by atoms with E-state index in [-0.39, 0.29) is 11.7 Å².